The van der Waals surface area contributed by atoms with Crippen molar-refractivity contribution in [2.75, 3.05) is 13.1 Å². The van der Waals surface area contributed by atoms with Crippen LogP contribution in [-0.4, -0.2) is 28.9 Å². The number of benzene rings is 2. The molecule has 0 radical (unpaired) electrons. The standard InChI is InChI=1S/C22H21FN2O2/c23-21-13-17(8-9-20(21)16-5-2-1-3-6-16)22(26)18-7-4-11-25(14-18)15-19-10-12-27-24-19/h1-3,5-6,8-10,12-13,18H,4,7,11,14-15H2. The molecule has 1 unspecified atom stereocenters. The maximum absolute atomic E-state index is 14.6. The number of nitrogens with zero attached hydrogens (tertiary/aromatic N) is 2. The summed E-state index contributed by atoms with van der Waals surface area (Å²) in [5.41, 5.74) is 2.63. The van der Waals surface area contributed by atoms with Crippen LogP contribution in [0.15, 0.2) is 65.4 Å². The summed E-state index contributed by atoms with van der Waals surface area (Å²) in [6, 6.07) is 16.0. The summed E-state index contributed by atoms with van der Waals surface area (Å²) in [5.74, 6) is -0.465. The summed E-state index contributed by atoms with van der Waals surface area (Å²) < 4.78 is 19.5. The zero-order valence-corrected chi connectivity index (χ0v) is 15.0. The summed E-state index contributed by atoms with van der Waals surface area (Å²) in [6.07, 6.45) is 3.33. The number of hydrogen-bond donors (Lipinski definition) is 0. The molecule has 2 aromatic carbocycles. The van der Waals surface area contributed by atoms with Gasteiger partial charge in [-0.15, -0.1) is 0 Å². The highest BCUT2D eigenvalue weighted by atomic mass is 19.1. The number of ketones is 1. The van der Waals surface area contributed by atoms with Crippen molar-refractivity contribution in [3.05, 3.63) is 77.9 Å². The van der Waals surface area contributed by atoms with E-state index in [-0.39, 0.29) is 17.5 Å². The van der Waals surface area contributed by atoms with E-state index in [2.05, 4.69) is 10.1 Å². The molecule has 27 heavy (non-hydrogen) atoms. The number of Topliss-reactive ketones (excluding diaryl/α,β-unsaturated/α-hetero) is 1. The molecule has 138 valence electrons. The smallest absolute Gasteiger partial charge is 0.167 e. The highest BCUT2D eigenvalue weighted by Crippen LogP contribution is 2.26. The minimum Gasteiger partial charge on any atom is -0.364 e. The van der Waals surface area contributed by atoms with E-state index in [4.69, 9.17) is 4.52 Å². The van der Waals surface area contributed by atoms with Gasteiger partial charge in [0.15, 0.2) is 5.78 Å². The molecule has 1 atom stereocenters. The molecule has 0 bridgehead atoms. The fourth-order valence-corrected chi connectivity index (χ4v) is 3.72. The van der Waals surface area contributed by atoms with Crippen LogP contribution >= 0.6 is 0 Å². The van der Waals surface area contributed by atoms with Gasteiger partial charge in [-0.05, 0) is 31.0 Å². The lowest BCUT2D eigenvalue weighted by atomic mass is 9.89. The Balaban J connectivity index is 1.48. The lowest BCUT2D eigenvalue weighted by Gasteiger charge is -2.31. The third-order valence-electron chi connectivity index (χ3n) is 5.09. The summed E-state index contributed by atoms with van der Waals surface area (Å²) in [7, 11) is 0. The predicted octanol–water partition coefficient (Wildman–Crippen LogP) is 4.58. The first-order chi connectivity index (χ1) is 13.2. The van der Waals surface area contributed by atoms with E-state index in [9.17, 15) is 9.18 Å². The van der Waals surface area contributed by atoms with Crippen LogP contribution in [0.4, 0.5) is 4.39 Å². The third-order valence-corrected chi connectivity index (χ3v) is 5.09. The maximum atomic E-state index is 14.6. The zero-order valence-electron chi connectivity index (χ0n) is 15.0. The molecule has 1 aromatic heterocycles. The monoisotopic (exact) mass is 364 g/mol. The Bertz CT molecular complexity index is 909. The lowest BCUT2D eigenvalue weighted by molar-refractivity contribution is 0.0808. The number of hydrogen-bond acceptors (Lipinski definition) is 4. The molecule has 1 fully saturated rings. The van der Waals surface area contributed by atoms with E-state index in [0.717, 1.165) is 30.6 Å². The minimum atomic E-state index is -0.359. The average Bonchev–Trinajstić information content (AvgIpc) is 3.21. The van der Waals surface area contributed by atoms with Crippen molar-refractivity contribution in [3.63, 3.8) is 0 Å². The molecule has 0 spiro atoms. The molecule has 4 nitrogen and oxygen atoms in total. The van der Waals surface area contributed by atoms with Gasteiger partial charge in [0.05, 0.1) is 5.69 Å². The van der Waals surface area contributed by atoms with Crippen LogP contribution in [0.1, 0.15) is 28.9 Å². The molecule has 5 heteroatoms. The van der Waals surface area contributed by atoms with E-state index in [1.807, 2.05) is 36.4 Å². The first-order valence-corrected chi connectivity index (χ1v) is 9.21. The van der Waals surface area contributed by atoms with Crippen molar-refractivity contribution in [1.29, 1.82) is 0 Å². The first kappa shape index (κ1) is 17.6. The highest BCUT2D eigenvalue weighted by Gasteiger charge is 2.27. The quantitative estimate of drug-likeness (QED) is 0.622. The van der Waals surface area contributed by atoms with Crippen LogP contribution in [-0.2, 0) is 6.54 Å². The summed E-state index contributed by atoms with van der Waals surface area (Å²) >= 11 is 0. The second-order valence-electron chi connectivity index (χ2n) is 6.99. The first-order valence-electron chi connectivity index (χ1n) is 9.21. The highest BCUT2D eigenvalue weighted by molar-refractivity contribution is 5.98. The number of halogens is 1. The fraction of sp³-hybridized carbons (Fsp3) is 0.273. The van der Waals surface area contributed by atoms with Crippen molar-refractivity contribution in [3.8, 4) is 11.1 Å². The van der Waals surface area contributed by atoms with Gasteiger partial charge in [0, 0.05) is 36.2 Å². The van der Waals surface area contributed by atoms with Crippen LogP contribution in [0.25, 0.3) is 11.1 Å². The fourth-order valence-electron chi connectivity index (χ4n) is 3.72. The summed E-state index contributed by atoms with van der Waals surface area (Å²) in [5, 5.41) is 3.94. The number of aromatic nitrogens is 1. The lowest BCUT2D eigenvalue weighted by Crippen LogP contribution is -2.38. The molecule has 2 heterocycles. The largest absolute Gasteiger partial charge is 0.364 e. The second kappa shape index (κ2) is 7.84. The molecule has 0 amide bonds. The van der Waals surface area contributed by atoms with Gasteiger partial charge in [0.25, 0.3) is 0 Å². The molecule has 0 saturated carbocycles. The molecule has 1 saturated heterocycles. The molecule has 1 aliphatic heterocycles. The summed E-state index contributed by atoms with van der Waals surface area (Å²) in [6.45, 7) is 2.26. The Hall–Kier alpha value is -2.79. The van der Waals surface area contributed by atoms with Gasteiger partial charge < -0.3 is 4.52 Å². The Morgan fingerprint density at radius 2 is 2.04 bits per heavy atom. The number of rotatable bonds is 5. The SMILES string of the molecule is O=C(c1ccc(-c2ccccc2)c(F)c1)C1CCCN(Cc2ccon2)C1. The van der Waals surface area contributed by atoms with Gasteiger partial charge in [0.1, 0.15) is 12.1 Å². The average molecular weight is 364 g/mol. The second-order valence-corrected chi connectivity index (χ2v) is 6.99. The molecular formula is C22H21FN2O2. The van der Waals surface area contributed by atoms with Crippen LogP contribution in [0.3, 0.4) is 0 Å². The number of carbonyl (C=O) groups excluding carboxylic acids is 1. The Labute approximate surface area is 157 Å². The normalized spacial score (nSPS) is 17.7. The number of likely N-dealkylation sites (tertiary alicyclic amines) is 1. The van der Waals surface area contributed by atoms with E-state index in [1.165, 1.54) is 6.07 Å². The van der Waals surface area contributed by atoms with Crippen molar-refractivity contribution >= 4 is 5.78 Å². The molecule has 0 aliphatic carbocycles. The Morgan fingerprint density at radius 3 is 2.78 bits per heavy atom. The van der Waals surface area contributed by atoms with Crippen LogP contribution in [0.5, 0.6) is 0 Å². The topological polar surface area (TPSA) is 46.3 Å². The minimum absolute atomic E-state index is 0.0124. The van der Waals surface area contributed by atoms with E-state index in [0.29, 0.717) is 24.2 Å². The summed E-state index contributed by atoms with van der Waals surface area (Å²) in [4.78, 5) is 15.1. The van der Waals surface area contributed by atoms with Crippen LogP contribution < -0.4 is 0 Å². The van der Waals surface area contributed by atoms with Crippen molar-refractivity contribution in [1.82, 2.24) is 10.1 Å². The van der Waals surface area contributed by atoms with Gasteiger partial charge in [-0.3, -0.25) is 9.69 Å². The van der Waals surface area contributed by atoms with Gasteiger partial charge in [-0.2, -0.15) is 0 Å². The van der Waals surface area contributed by atoms with Gasteiger partial charge in [0.2, 0.25) is 0 Å². The van der Waals surface area contributed by atoms with Crippen LogP contribution in [0, 0.1) is 11.7 Å². The Morgan fingerprint density at radius 1 is 1.19 bits per heavy atom. The van der Waals surface area contributed by atoms with Crippen molar-refractivity contribution < 1.29 is 13.7 Å². The van der Waals surface area contributed by atoms with Gasteiger partial charge in [-0.25, -0.2) is 4.39 Å². The van der Waals surface area contributed by atoms with Crippen LogP contribution in [0.2, 0.25) is 0 Å². The molecule has 3 aromatic rings. The predicted molar refractivity (Wildman–Crippen MR) is 101 cm³/mol. The van der Waals surface area contributed by atoms with E-state index < -0.39 is 0 Å². The van der Waals surface area contributed by atoms with Crippen molar-refractivity contribution in [2.24, 2.45) is 5.92 Å². The van der Waals surface area contributed by atoms with Crippen molar-refractivity contribution in [2.45, 2.75) is 19.4 Å². The third kappa shape index (κ3) is 3.98. The molecule has 0 N–H and O–H groups in total. The van der Waals surface area contributed by atoms with Gasteiger partial charge >= 0.3 is 0 Å². The van der Waals surface area contributed by atoms with E-state index in [1.54, 1.807) is 18.4 Å². The number of carbonyl (C=O) groups is 1. The maximum Gasteiger partial charge on any atom is 0.167 e. The Kier molecular flexibility index (Phi) is 5.12. The zero-order chi connectivity index (χ0) is 18.6. The molecule has 1 aliphatic rings. The number of piperidine rings is 1. The van der Waals surface area contributed by atoms with E-state index >= 15 is 0 Å². The molecule has 4 rings (SSSR count). The van der Waals surface area contributed by atoms with Gasteiger partial charge in [-0.1, -0.05) is 47.6 Å². The molecular weight excluding hydrogens is 343 g/mol.